The number of rotatable bonds is 5. The molecular formula is C46H29NO2. The van der Waals surface area contributed by atoms with Crippen molar-refractivity contribution in [3.63, 3.8) is 0 Å². The molecule has 0 amide bonds. The normalized spacial score (nSPS) is 11.7. The van der Waals surface area contributed by atoms with Gasteiger partial charge in [-0.15, -0.1) is 0 Å². The Morgan fingerprint density at radius 3 is 1.80 bits per heavy atom. The minimum atomic E-state index is 0.856. The molecule has 0 radical (unpaired) electrons. The van der Waals surface area contributed by atoms with Gasteiger partial charge in [0.1, 0.15) is 16.7 Å². The Kier molecular flexibility index (Phi) is 6.18. The SMILES string of the molecule is c1ccc(-c2ccc(N(c3ccc(-c4cccc5oc6ccccc6c45)cc3)c3ccc4ccccc4c3)c3oc4ccccc4c23)cc1. The van der Waals surface area contributed by atoms with Crippen LogP contribution < -0.4 is 4.90 Å². The van der Waals surface area contributed by atoms with E-state index in [-0.39, 0.29) is 0 Å². The quantitative estimate of drug-likeness (QED) is 0.190. The van der Waals surface area contributed by atoms with Crippen LogP contribution in [0.3, 0.4) is 0 Å². The molecule has 10 aromatic rings. The van der Waals surface area contributed by atoms with E-state index in [9.17, 15) is 0 Å². The zero-order chi connectivity index (χ0) is 32.3. The summed E-state index contributed by atoms with van der Waals surface area (Å²) < 4.78 is 13.0. The number of furan rings is 2. The first-order valence-electron chi connectivity index (χ1n) is 16.6. The van der Waals surface area contributed by atoms with E-state index in [1.54, 1.807) is 0 Å². The van der Waals surface area contributed by atoms with Gasteiger partial charge in [-0.3, -0.25) is 0 Å². The summed E-state index contributed by atoms with van der Waals surface area (Å²) in [5.74, 6) is 0. The predicted molar refractivity (Wildman–Crippen MR) is 204 cm³/mol. The van der Waals surface area contributed by atoms with Crippen molar-refractivity contribution in [3.05, 3.63) is 176 Å². The van der Waals surface area contributed by atoms with Crippen LogP contribution in [0.2, 0.25) is 0 Å². The fraction of sp³-hybridized carbons (Fsp3) is 0. The van der Waals surface area contributed by atoms with E-state index in [1.807, 2.05) is 24.3 Å². The summed E-state index contributed by atoms with van der Waals surface area (Å²) in [6, 6.07) is 62.0. The van der Waals surface area contributed by atoms with Crippen LogP contribution >= 0.6 is 0 Å². The second kappa shape index (κ2) is 11.0. The van der Waals surface area contributed by atoms with Crippen molar-refractivity contribution in [1.82, 2.24) is 0 Å². The maximum atomic E-state index is 6.78. The molecule has 0 unspecified atom stereocenters. The smallest absolute Gasteiger partial charge is 0.160 e. The van der Waals surface area contributed by atoms with Gasteiger partial charge in [-0.05, 0) is 81.6 Å². The first-order chi connectivity index (χ1) is 24.3. The number of hydrogen-bond donors (Lipinski definition) is 0. The van der Waals surface area contributed by atoms with E-state index in [0.29, 0.717) is 0 Å². The monoisotopic (exact) mass is 627 g/mol. The maximum absolute atomic E-state index is 6.78. The molecule has 10 rings (SSSR count). The average Bonchev–Trinajstić information content (AvgIpc) is 3.75. The van der Waals surface area contributed by atoms with Crippen LogP contribution in [0.1, 0.15) is 0 Å². The molecule has 0 aliphatic rings. The second-order valence-corrected chi connectivity index (χ2v) is 12.5. The molecule has 3 heteroatoms. The molecule has 0 fully saturated rings. The van der Waals surface area contributed by atoms with Crippen LogP contribution in [0.15, 0.2) is 185 Å². The molecule has 0 saturated carbocycles. The zero-order valence-electron chi connectivity index (χ0n) is 26.5. The summed E-state index contributed by atoms with van der Waals surface area (Å²) in [5.41, 5.74) is 11.2. The van der Waals surface area contributed by atoms with Gasteiger partial charge < -0.3 is 13.7 Å². The van der Waals surface area contributed by atoms with E-state index in [1.165, 1.54) is 10.8 Å². The fourth-order valence-corrected chi connectivity index (χ4v) is 7.40. The number of hydrogen-bond acceptors (Lipinski definition) is 3. The minimum Gasteiger partial charge on any atom is -0.456 e. The lowest BCUT2D eigenvalue weighted by Gasteiger charge is -2.26. The molecule has 230 valence electrons. The van der Waals surface area contributed by atoms with Crippen molar-refractivity contribution in [3.8, 4) is 22.3 Å². The van der Waals surface area contributed by atoms with Gasteiger partial charge in [0.15, 0.2) is 5.58 Å². The van der Waals surface area contributed by atoms with Crippen LogP contribution in [0.5, 0.6) is 0 Å². The Hall–Kier alpha value is -6.58. The molecule has 0 aliphatic carbocycles. The minimum absolute atomic E-state index is 0.856. The lowest BCUT2D eigenvalue weighted by atomic mass is 9.97. The topological polar surface area (TPSA) is 29.5 Å². The Morgan fingerprint density at radius 1 is 0.367 bits per heavy atom. The highest BCUT2D eigenvalue weighted by Crippen LogP contribution is 2.46. The fourth-order valence-electron chi connectivity index (χ4n) is 7.40. The van der Waals surface area contributed by atoms with Gasteiger partial charge in [0, 0.05) is 32.9 Å². The van der Waals surface area contributed by atoms with Crippen LogP contribution in [0.4, 0.5) is 17.1 Å². The third kappa shape index (κ3) is 4.44. The van der Waals surface area contributed by atoms with Gasteiger partial charge in [-0.25, -0.2) is 0 Å². The van der Waals surface area contributed by atoms with Gasteiger partial charge >= 0.3 is 0 Å². The predicted octanol–water partition coefficient (Wildman–Crippen LogP) is 13.4. The van der Waals surface area contributed by atoms with Crippen molar-refractivity contribution in [2.75, 3.05) is 4.90 Å². The maximum Gasteiger partial charge on any atom is 0.160 e. The summed E-state index contributed by atoms with van der Waals surface area (Å²) in [6.07, 6.45) is 0. The molecule has 0 spiro atoms. The summed E-state index contributed by atoms with van der Waals surface area (Å²) in [6.45, 7) is 0. The van der Waals surface area contributed by atoms with Crippen molar-refractivity contribution < 1.29 is 8.83 Å². The van der Waals surface area contributed by atoms with Gasteiger partial charge in [0.25, 0.3) is 0 Å². The molecule has 2 aromatic heterocycles. The molecule has 0 atom stereocenters. The van der Waals surface area contributed by atoms with Crippen LogP contribution in [-0.4, -0.2) is 0 Å². The Bertz CT molecular complexity index is 2830. The Morgan fingerprint density at radius 2 is 0.980 bits per heavy atom. The first-order valence-corrected chi connectivity index (χ1v) is 16.6. The van der Waals surface area contributed by atoms with E-state index < -0.39 is 0 Å². The molecule has 49 heavy (non-hydrogen) atoms. The van der Waals surface area contributed by atoms with Crippen molar-refractivity contribution >= 4 is 71.7 Å². The number of benzene rings is 8. The lowest BCUT2D eigenvalue weighted by molar-refractivity contribution is 0.668. The molecule has 0 N–H and O–H groups in total. The van der Waals surface area contributed by atoms with Crippen LogP contribution in [0.25, 0.3) is 76.9 Å². The van der Waals surface area contributed by atoms with E-state index in [4.69, 9.17) is 8.83 Å². The van der Waals surface area contributed by atoms with Gasteiger partial charge in [-0.2, -0.15) is 0 Å². The number of fused-ring (bicyclic) bond motifs is 7. The van der Waals surface area contributed by atoms with E-state index in [2.05, 4.69) is 157 Å². The van der Waals surface area contributed by atoms with Gasteiger partial charge in [0.05, 0.1) is 5.69 Å². The highest BCUT2D eigenvalue weighted by atomic mass is 16.3. The molecule has 2 heterocycles. The molecule has 8 aromatic carbocycles. The Labute approximate surface area is 282 Å². The number of para-hydroxylation sites is 2. The Balaban J connectivity index is 1.20. The molecule has 0 saturated heterocycles. The standard InChI is InChI=1S/C46H29NO2/c1-2-12-31(13-3-1)37-27-28-40(46-45(37)39-16-7-9-19-42(39)49-46)47(35-26-21-30-11-4-5-14-33(30)29-35)34-24-22-32(23-25-34)36-17-10-20-43-44(36)38-15-6-8-18-41(38)48-43/h1-29H. The molecular weight excluding hydrogens is 599 g/mol. The summed E-state index contributed by atoms with van der Waals surface area (Å²) in [4.78, 5) is 2.32. The summed E-state index contributed by atoms with van der Waals surface area (Å²) in [5, 5.41) is 6.86. The summed E-state index contributed by atoms with van der Waals surface area (Å²) >= 11 is 0. The highest BCUT2D eigenvalue weighted by molar-refractivity contribution is 6.17. The average molecular weight is 628 g/mol. The zero-order valence-corrected chi connectivity index (χ0v) is 26.5. The van der Waals surface area contributed by atoms with Crippen molar-refractivity contribution in [1.29, 1.82) is 0 Å². The summed E-state index contributed by atoms with van der Waals surface area (Å²) in [7, 11) is 0. The highest BCUT2D eigenvalue weighted by Gasteiger charge is 2.22. The lowest BCUT2D eigenvalue weighted by Crippen LogP contribution is -2.10. The molecule has 3 nitrogen and oxygen atoms in total. The van der Waals surface area contributed by atoms with Crippen molar-refractivity contribution in [2.24, 2.45) is 0 Å². The second-order valence-electron chi connectivity index (χ2n) is 12.5. The largest absolute Gasteiger partial charge is 0.456 e. The van der Waals surface area contributed by atoms with Crippen LogP contribution in [-0.2, 0) is 0 Å². The first kappa shape index (κ1) is 27.5. The third-order valence-corrected chi connectivity index (χ3v) is 9.66. The van der Waals surface area contributed by atoms with E-state index >= 15 is 0 Å². The van der Waals surface area contributed by atoms with Gasteiger partial charge in [-0.1, -0.05) is 127 Å². The van der Waals surface area contributed by atoms with Crippen molar-refractivity contribution in [2.45, 2.75) is 0 Å². The van der Waals surface area contributed by atoms with E-state index in [0.717, 1.165) is 83.2 Å². The van der Waals surface area contributed by atoms with Gasteiger partial charge in [0.2, 0.25) is 0 Å². The number of nitrogens with zero attached hydrogens (tertiary/aromatic N) is 1. The van der Waals surface area contributed by atoms with Crippen LogP contribution in [0, 0.1) is 0 Å². The third-order valence-electron chi connectivity index (χ3n) is 9.66. The molecule has 0 aliphatic heterocycles. The number of anilines is 3. The molecule has 0 bridgehead atoms.